The summed E-state index contributed by atoms with van der Waals surface area (Å²) in [6.07, 6.45) is 2.29. The number of hydrogen-bond donors (Lipinski definition) is 2. The van der Waals surface area contributed by atoms with Gasteiger partial charge < -0.3 is 20.3 Å². The molecule has 0 spiro atoms. The van der Waals surface area contributed by atoms with Crippen LogP contribution in [-0.4, -0.2) is 81.7 Å². The fraction of sp³-hybridized carbons (Fsp3) is 0.619. The third-order valence-electron chi connectivity index (χ3n) is 4.67. The Morgan fingerprint density at radius 3 is 2.45 bits per heavy atom. The number of aliphatic imine (C=N–C) groups is 1. The summed E-state index contributed by atoms with van der Waals surface area (Å²) in [5.41, 5.74) is 1.78. The molecule has 0 radical (unpaired) electrons. The molecule has 8 heteroatoms. The maximum absolute atomic E-state index is 11.9. The van der Waals surface area contributed by atoms with Gasteiger partial charge in [-0.1, -0.05) is 12.1 Å². The molecular formula is C21H36IN5O2. The van der Waals surface area contributed by atoms with Crippen LogP contribution in [0, 0.1) is 0 Å². The predicted octanol–water partition coefficient (Wildman–Crippen LogP) is 2.17. The molecule has 29 heavy (non-hydrogen) atoms. The summed E-state index contributed by atoms with van der Waals surface area (Å²) in [4.78, 5) is 20.7. The van der Waals surface area contributed by atoms with Crippen LogP contribution in [-0.2, 0) is 11.3 Å². The lowest BCUT2D eigenvalue weighted by Crippen LogP contribution is -2.39. The topological polar surface area (TPSA) is 69.2 Å². The van der Waals surface area contributed by atoms with E-state index in [2.05, 4.69) is 27.4 Å². The summed E-state index contributed by atoms with van der Waals surface area (Å²) in [7, 11) is 3.52. The Morgan fingerprint density at radius 1 is 1.14 bits per heavy atom. The number of ether oxygens (including phenoxy) is 1. The molecule has 0 atom stereocenters. The van der Waals surface area contributed by atoms with E-state index >= 15 is 0 Å². The first kappa shape index (κ1) is 25.6. The van der Waals surface area contributed by atoms with Gasteiger partial charge in [0, 0.05) is 45.8 Å². The van der Waals surface area contributed by atoms with Gasteiger partial charge in [-0.15, -0.1) is 24.0 Å². The Kier molecular flexibility index (Phi) is 12.9. The number of unbranched alkanes of at least 4 members (excludes halogenated alkanes) is 1. The lowest BCUT2D eigenvalue weighted by molar-refractivity contribution is 0.0372. The van der Waals surface area contributed by atoms with E-state index in [9.17, 15) is 4.79 Å². The first-order valence-electron chi connectivity index (χ1n) is 10.2. The molecule has 0 aromatic heterocycles. The highest BCUT2D eigenvalue weighted by atomic mass is 127. The molecule has 1 aromatic rings. The zero-order chi connectivity index (χ0) is 20.2. The van der Waals surface area contributed by atoms with Gasteiger partial charge in [-0.05, 0) is 44.0 Å². The Morgan fingerprint density at radius 2 is 1.83 bits per heavy atom. The van der Waals surface area contributed by atoms with Gasteiger partial charge in [0.25, 0.3) is 5.91 Å². The molecule has 1 aliphatic heterocycles. The lowest BCUT2D eigenvalue weighted by atomic mass is 10.1. The van der Waals surface area contributed by atoms with Crippen molar-refractivity contribution in [2.75, 3.05) is 60.0 Å². The van der Waals surface area contributed by atoms with Gasteiger partial charge in [0.1, 0.15) is 0 Å². The Balaban J connectivity index is 0.00000420. The molecule has 2 N–H and O–H groups in total. The maximum atomic E-state index is 11.9. The lowest BCUT2D eigenvalue weighted by Gasteiger charge is -2.26. The van der Waals surface area contributed by atoms with Crippen LogP contribution in [0.1, 0.15) is 35.7 Å². The number of hydrogen-bond acceptors (Lipinski definition) is 4. The summed E-state index contributed by atoms with van der Waals surface area (Å²) in [6, 6.07) is 7.65. The van der Waals surface area contributed by atoms with Crippen LogP contribution in [0.2, 0.25) is 0 Å². The van der Waals surface area contributed by atoms with Crippen molar-refractivity contribution in [2.24, 2.45) is 4.99 Å². The van der Waals surface area contributed by atoms with Crippen molar-refractivity contribution < 1.29 is 9.53 Å². The Labute approximate surface area is 192 Å². The second kappa shape index (κ2) is 14.6. The first-order chi connectivity index (χ1) is 13.6. The smallest absolute Gasteiger partial charge is 0.253 e. The molecule has 0 unspecified atom stereocenters. The molecule has 1 aliphatic rings. The minimum Gasteiger partial charge on any atom is -0.379 e. The van der Waals surface area contributed by atoms with E-state index in [1.807, 2.05) is 24.3 Å². The van der Waals surface area contributed by atoms with Crippen LogP contribution in [0.4, 0.5) is 0 Å². The number of guanidine groups is 1. The summed E-state index contributed by atoms with van der Waals surface area (Å²) < 4.78 is 5.38. The molecule has 164 valence electrons. The third-order valence-corrected chi connectivity index (χ3v) is 4.67. The quantitative estimate of drug-likeness (QED) is 0.228. The minimum absolute atomic E-state index is 0. The van der Waals surface area contributed by atoms with Gasteiger partial charge >= 0.3 is 0 Å². The van der Waals surface area contributed by atoms with Gasteiger partial charge in [0.05, 0.1) is 19.8 Å². The second-order valence-corrected chi connectivity index (χ2v) is 7.18. The zero-order valence-electron chi connectivity index (χ0n) is 17.9. The SMILES string of the molecule is CCNC(=NCc1ccc(C(=O)N(C)C)cc1)NCCCCN1CCOCC1.I. The average Bonchev–Trinajstić information content (AvgIpc) is 2.72. The largest absolute Gasteiger partial charge is 0.379 e. The number of carbonyl (C=O) groups excluding carboxylic acids is 1. The molecule has 0 saturated carbocycles. The van der Waals surface area contributed by atoms with Crippen LogP contribution < -0.4 is 10.6 Å². The van der Waals surface area contributed by atoms with Crippen molar-refractivity contribution >= 4 is 35.8 Å². The number of carbonyl (C=O) groups is 1. The number of amides is 1. The molecule has 0 aliphatic carbocycles. The average molecular weight is 517 g/mol. The van der Waals surface area contributed by atoms with E-state index in [-0.39, 0.29) is 29.9 Å². The fourth-order valence-electron chi connectivity index (χ4n) is 3.01. The van der Waals surface area contributed by atoms with Crippen LogP contribution in [0.25, 0.3) is 0 Å². The van der Waals surface area contributed by atoms with E-state index in [0.29, 0.717) is 12.1 Å². The third kappa shape index (κ3) is 9.77. The van der Waals surface area contributed by atoms with Crippen molar-refractivity contribution in [3.8, 4) is 0 Å². The van der Waals surface area contributed by atoms with Gasteiger partial charge in [-0.3, -0.25) is 9.69 Å². The fourth-order valence-corrected chi connectivity index (χ4v) is 3.01. The highest BCUT2D eigenvalue weighted by Crippen LogP contribution is 2.07. The van der Waals surface area contributed by atoms with Crippen molar-refractivity contribution in [1.29, 1.82) is 0 Å². The van der Waals surface area contributed by atoms with Crippen molar-refractivity contribution in [3.05, 3.63) is 35.4 Å². The number of nitrogens with zero attached hydrogens (tertiary/aromatic N) is 3. The van der Waals surface area contributed by atoms with Crippen LogP contribution in [0.5, 0.6) is 0 Å². The zero-order valence-corrected chi connectivity index (χ0v) is 20.3. The highest BCUT2D eigenvalue weighted by Gasteiger charge is 2.09. The molecule has 1 aromatic carbocycles. The number of halogens is 1. The summed E-state index contributed by atoms with van der Waals surface area (Å²) in [5.74, 6) is 0.851. The highest BCUT2D eigenvalue weighted by molar-refractivity contribution is 14.0. The van der Waals surface area contributed by atoms with Crippen LogP contribution >= 0.6 is 24.0 Å². The van der Waals surface area contributed by atoms with E-state index in [0.717, 1.165) is 63.9 Å². The van der Waals surface area contributed by atoms with Gasteiger partial charge in [-0.25, -0.2) is 4.99 Å². The first-order valence-corrected chi connectivity index (χ1v) is 10.2. The number of nitrogens with one attached hydrogen (secondary N) is 2. The predicted molar refractivity (Wildman–Crippen MR) is 129 cm³/mol. The Hall–Kier alpha value is -1.39. The molecule has 7 nitrogen and oxygen atoms in total. The second-order valence-electron chi connectivity index (χ2n) is 7.18. The summed E-state index contributed by atoms with van der Waals surface area (Å²) in [5, 5.41) is 6.70. The van der Waals surface area contributed by atoms with Gasteiger partial charge in [0.15, 0.2) is 5.96 Å². The molecule has 1 saturated heterocycles. The van der Waals surface area contributed by atoms with Gasteiger partial charge in [0.2, 0.25) is 0 Å². The Bertz CT molecular complexity index is 616. The minimum atomic E-state index is 0. The maximum Gasteiger partial charge on any atom is 0.253 e. The number of morpholine rings is 1. The van der Waals surface area contributed by atoms with Gasteiger partial charge in [-0.2, -0.15) is 0 Å². The summed E-state index contributed by atoms with van der Waals surface area (Å²) in [6.45, 7) is 9.35. The summed E-state index contributed by atoms with van der Waals surface area (Å²) >= 11 is 0. The van der Waals surface area contributed by atoms with Crippen LogP contribution in [0.15, 0.2) is 29.3 Å². The molecular weight excluding hydrogens is 481 g/mol. The van der Waals surface area contributed by atoms with E-state index in [1.165, 1.54) is 6.42 Å². The number of benzene rings is 1. The van der Waals surface area contributed by atoms with E-state index < -0.39 is 0 Å². The van der Waals surface area contributed by atoms with Crippen LogP contribution in [0.3, 0.4) is 0 Å². The number of rotatable bonds is 9. The molecule has 2 rings (SSSR count). The standard InChI is InChI=1S/C21H35N5O2.HI/c1-4-22-21(23-11-5-6-12-26-13-15-28-16-14-26)24-17-18-7-9-19(10-8-18)20(27)25(2)3;/h7-10H,4-6,11-17H2,1-3H3,(H2,22,23,24);1H. The molecule has 1 amide bonds. The molecule has 0 bridgehead atoms. The van der Waals surface area contributed by atoms with Crippen molar-refractivity contribution in [1.82, 2.24) is 20.4 Å². The van der Waals surface area contributed by atoms with Crippen molar-refractivity contribution in [3.63, 3.8) is 0 Å². The molecule has 1 fully saturated rings. The molecule has 1 heterocycles. The normalized spacial score (nSPS) is 14.8. The van der Waals surface area contributed by atoms with E-state index in [4.69, 9.17) is 4.74 Å². The monoisotopic (exact) mass is 517 g/mol. The van der Waals surface area contributed by atoms with E-state index in [1.54, 1.807) is 19.0 Å². The van der Waals surface area contributed by atoms with Crippen molar-refractivity contribution in [2.45, 2.75) is 26.3 Å².